The fourth-order valence-electron chi connectivity index (χ4n) is 2.11. The van der Waals surface area contributed by atoms with Gasteiger partial charge < -0.3 is 5.11 Å². The van der Waals surface area contributed by atoms with Gasteiger partial charge in [0.15, 0.2) is 0 Å². The Bertz CT molecular complexity index is 392. The lowest BCUT2D eigenvalue weighted by molar-refractivity contribution is -0.137. The Morgan fingerprint density at radius 2 is 2.00 bits per heavy atom. The van der Waals surface area contributed by atoms with Crippen molar-refractivity contribution in [3.05, 3.63) is 35.4 Å². The molecule has 1 aliphatic heterocycles. The van der Waals surface area contributed by atoms with Crippen LogP contribution in [0.2, 0.25) is 0 Å². The second kappa shape index (κ2) is 4.66. The molecule has 1 fully saturated rings. The van der Waals surface area contributed by atoms with E-state index in [1.54, 1.807) is 6.07 Å². The van der Waals surface area contributed by atoms with Gasteiger partial charge in [0, 0.05) is 6.04 Å². The number of hydrogen-bond donors (Lipinski definition) is 2. The summed E-state index contributed by atoms with van der Waals surface area (Å²) in [6.45, 7) is 0. The molecule has 2 unspecified atom stereocenters. The predicted molar refractivity (Wildman–Crippen MR) is 57.2 cm³/mol. The van der Waals surface area contributed by atoms with E-state index in [0.29, 0.717) is 12.0 Å². The third kappa shape index (κ3) is 2.98. The number of nitrogens with one attached hydrogen (secondary N) is 1. The number of hydrogen-bond acceptors (Lipinski definition) is 2. The monoisotopic (exact) mass is 245 g/mol. The first-order chi connectivity index (χ1) is 7.97. The van der Waals surface area contributed by atoms with Crippen LogP contribution in [0.4, 0.5) is 13.2 Å². The SMILES string of the molecule is OC1CCCC(c2cccc(C(F)(F)F)c2)N1. The smallest absolute Gasteiger partial charge is 0.379 e. The van der Waals surface area contributed by atoms with Crippen molar-refractivity contribution in [2.24, 2.45) is 0 Å². The molecule has 0 bridgehead atoms. The number of rotatable bonds is 1. The Hall–Kier alpha value is -1.07. The molecule has 2 nitrogen and oxygen atoms in total. The van der Waals surface area contributed by atoms with Crippen LogP contribution in [-0.4, -0.2) is 11.3 Å². The van der Waals surface area contributed by atoms with E-state index in [2.05, 4.69) is 5.32 Å². The van der Waals surface area contributed by atoms with Gasteiger partial charge in [-0.1, -0.05) is 12.1 Å². The molecule has 2 N–H and O–H groups in total. The predicted octanol–water partition coefficient (Wildman–Crippen LogP) is 2.84. The van der Waals surface area contributed by atoms with E-state index in [0.717, 1.165) is 25.0 Å². The molecule has 94 valence electrons. The normalized spacial score (nSPS) is 25.9. The third-order valence-electron chi connectivity index (χ3n) is 2.98. The van der Waals surface area contributed by atoms with Crippen LogP contribution in [0, 0.1) is 0 Å². The summed E-state index contributed by atoms with van der Waals surface area (Å²) in [5, 5.41) is 12.3. The summed E-state index contributed by atoms with van der Waals surface area (Å²) in [4.78, 5) is 0. The van der Waals surface area contributed by atoms with E-state index in [4.69, 9.17) is 0 Å². The molecule has 0 saturated carbocycles. The molecular weight excluding hydrogens is 231 g/mol. The van der Waals surface area contributed by atoms with Crippen LogP contribution in [-0.2, 0) is 6.18 Å². The second-order valence-corrected chi connectivity index (χ2v) is 4.29. The first-order valence-electron chi connectivity index (χ1n) is 5.58. The van der Waals surface area contributed by atoms with Gasteiger partial charge in [0.25, 0.3) is 0 Å². The van der Waals surface area contributed by atoms with Gasteiger partial charge in [-0.25, -0.2) is 0 Å². The van der Waals surface area contributed by atoms with E-state index < -0.39 is 18.0 Å². The molecule has 1 aromatic carbocycles. The molecule has 5 heteroatoms. The summed E-state index contributed by atoms with van der Waals surface area (Å²) in [5.41, 5.74) is -0.0598. The van der Waals surface area contributed by atoms with Gasteiger partial charge in [0.1, 0.15) is 6.23 Å². The second-order valence-electron chi connectivity index (χ2n) is 4.29. The highest BCUT2D eigenvalue weighted by Crippen LogP contribution is 2.32. The van der Waals surface area contributed by atoms with Crippen molar-refractivity contribution in [1.29, 1.82) is 0 Å². The van der Waals surface area contributed by atoms with Crippen LogP contribution in [0.25, 0.3) is 0 Å². The molecule has 0 aliphatic carbocycles. The highest BCUT2D eigenvalue weighted by Gasteiger charge is 2.31. The molecule has 1 aromatic rings. The van der Waals surface area contributed by atoms with Gasteiger partial charge in [0.05, 0.1) is 5.56 Å². The van der Waals surface area contributed by atoms with Gasteiger partial charge in [-0.3, -0.25) is 5.32 Å². The summed E-state index contributed by atoms with van der Waals surface area (Å²) in [6.07, 6.45) is -2.73. The number of aliphatic hydroxyl groups excluding tert-OH is 1. The lowest BCUT2D eigenvalue weighted by Crippen LogP contribution is -2.36. The zero-order valence-corrected chi connectivity index (χ0v) is 9.17. The summed E-state index contributed by atoms with van der Waals surface area (Å²) in [5.74, 6) is 0. The van der Waals surface area contributed by atoms with Gasteiger partial charge in [-0.05, 0) is 37.0 Å². The molecular formula is C12H14F3NO. The maximum atomic E-state index is 12.5. The highest BCUT2D eigenvalue weighted by molar-refractivity contribution is 5.28. The summed E-state index contributed by atoms with van der Waals surface area (Å²) in [7, 11) is 0. The van der Waals surface area contributed by atoms with Crippen molar-refractivity contribution >= 4 is 0 Å². The van der Waals surface area contributed by atoms with Crippen LogP contribution in [0.3, 0.4) is 0 Å². The highest BCUT2D eigenvalue weighted by atomic mass is 19.4. The van der Waals surface area contributed by atoms with Crippen molar-refractivity contribution in [2.45, 2.75) is 37.7 Å². The molecule has 0 radical (unpaired) electrons. The minimum atomic E-state index is -4.32. The zero-order chi connectivity index (χ0) is 12.5. The number of aliphatic hydroxyl groups is 1. The van der Waals surface area contributed by atoms with Crippen molar-refractivity contribution in [1.82, 2.24) is 5.32 Å². The van der Waals surface area contributed by atoms with E-state index in [-0.39, 0.29) is 6.04 Å². The molecule has 1 saturated heterocycles. The van der Waals surface area contributed by atoms with Gasteiger partial charge in [-0.2, -0.15) is 13.2 Å². The Morgan fingerprint density at radius 3 is 2.65 bits per heavy atom. The molecule has 0 amide bonds. The molecule has 0 aromatic heterocycles. The van der Waals surface area contributed by atoms with Gasteiger partial charge in [-0.15, -0.1) is 0 Å². The van der Waals surface area contributed by atoms with E-state index in [1.165, 1.54) is 6.07 Å². The van der Waals surface area contributed by atoms with Crippen molar-refractivity contribution in [2.75, 3.05) is 0 Å². The first kappa shape index (κ1) is 12.4. The lowest BCUT2D eigenvalue weighted by atomic mass is 9.95. The van der Waals surface area contributed by atoms with Crippen LogP contribution >= 0.6 is 0 Å². The Kier molecular flexibility index (Phi) is 3.40. The Labute approximate surface area is 97.5 Å². The minimum absolute atomic E-state index is 0.193. The van der Waals surface area contributed by atoms with Crippen molar-refractivity contribution < 1.29 is 18.3 Å². The maximum absolute atomic E-state index is 12.5. The van der Waals surface area contributed by atoms with Gasteiger partial charge in [0.2, 0.25) is 0 Å². The van der Waals surface area contributed by atoms with E-state index in [9.17, 15) is 18.3 Å². The standard InChI is InChI=1S/C12H14F3NO/c13-12(14,15)9-4-1-3-8(7-9)10-5-2-6-11(17)16-10/h1,3-4,7,10-11,16-17H,2,5-6H2. The zero-order valence-electron chi connectivity index (χ0n) is 9.17. The Morgan fingerprint density at radius 1 is 1.24 bits per heavy atom. The summed E-state index contributed by atoms with van der Waals surface area (Å²) < 4.78 is 37.6. The fraction of sp³-hybridized carbons (Fsp3) is 0.500. The maximum Gasteiger partial charge on any atom is 0.416 e. The van der Waals surface area contributed by atoms with Crippen LogP contribution in [0.15, 0.2) is 24.3 Å². The Balaban J connectivity index is 2.21. The number of piperidine rings is 1. The number of alkyl halides is 3. The summed E-state index contributed by atoms with van der Waals surface area (Å²) in [6, 6.07) is 5.07. The molecule has 2 atom stereocenters. The van der Waals surface area contributed by atoms with Crippen molar-refractivity contribution in [3.63, 3.8) is 0 Å². The largest absolute Gasteiger partial charge is 0.416 e. The van der Waals surface area contributed by atoms with E-state index >= 15 is 0 Å². The molecule has 17 heavy (non-hydrogen) atoms. The number of halogens is 3. The van der Waals surface area contributed by atoms with Gasteiger partial charge >= 0.3 is 6.18 Å². The van der Waals surface area contributed by atoms with Crippen LogP contribution in [0.1, 0.15) is 36.4 Å². The van der Waals surface area contributed by atoms with E-state index in [1.807, 2.05) is 0 Å². The molecule has 2 rings (SSSR count). The summed E-state index contributed by atoms with van der Waals surface area (Å²) >= 11 is 0. The quantitative estimate of drug-likeness (QED) is 0.797. The third-order valence-corrected chi connectivity index (χ3v) is 2.98. The molecule has 0 spiro atoms. The van der Waals surface area contributed by atoms with Crippen LogP contribution in [0.5, 0.6) is 0 Å². The minimum Gasteiger partial charge on any atom is -0.379 e. The number of benzene rings is 1. The van der Waals surface area contributed by atoms with Crippen molar-refractivity contribution in [3.8, 4) is 0 Å². The lowest BCUT2D eigenvalue weighted by Gasteiger charge is -2.28. The fourth-order valence-corrected chi connectivity index (χ4v) is 2.11. The average molecular weight is 245 g/mol. The first-order valence-corrected chi connectivity index (χ1v) is 5.58. The molecule has 1 heterocycles. The topological polar surface area (TPSA) is 32.3 Å². The average Bonchev–Trinajstić information content (AvgIpc) is 2.28. The molecule has 1 aliphatic rings. The van der Waals surface area contributed by atoms with Crippen LogP contribution < -0.4 is 5.32 Å².